The molecule has 7 nitrogen and oxygen atoms in total. The number of nitrogens with one attached hydrogen (secondary N) is 1. The van der Waals surface area contributed by atoms with Gasteiger partial charge in [-0.3, -0.25) is 19.8 Å². The molecule has 26 heavy (non-hydrogen) atoms. The Morgan fingerprint density at radius 3 is 2.38 bits per heavy atom. The fourth-order valence-electron chi connectivity index (χ4n) is 3.90. The van der Waals surface area contributed by atoms with Crippen molar-refractivity contribution in [1.82, 2.24) is 15.0 Å². The van der Waals surface area contributed by atoms with Crippen LogP contribution in [0.4, 0.5) is 5.88 Å². The maximum absolute atomic E-state index is 12.8. The molecular weight excluding hydrogens is 332 g/mol. The summed E-state index contributed by atoms with van der Waals surface area (Å²) >= 11 is 0. The highest BCUT2D eigenvalue weighted by atomic mass is 16.5. The molecular formula is C19H30N4O3. The zero-order chi connectivity index (χ0) is 18.5. The molecule has 1 atom stereocenters. The number of carbonyl (C=O) groups excluding carboxylic acids is 2. The van der Waals surface area contributed by atoms with Crippen LogP contribution in [0.3, 0.4) is 0 Å². The highest BCUT2D eigenvalue weighted by Crippen LogP contribution is 2.23. The Bertz CT molecular complexity index is 614. The lowest BCUT2D eigenvalue weighted by Gasteiger charge is -2.36. The molecule has 0 bridgehead atoms. The molecule has 1 N–H and O–H groups in total. The average molecular weight is 362 g/mol. The van der Waals surface area contributed by atoms with Gasteiger partial charge in [0.25, 0.3) is 0 Å². The van der Waals surface area contributed by atoms with E-state index in [2.05, 4.69) is 20.3 Å². The molecule has 2 aliphatic rings. The minimum atomic E-state index is -0.255. The SMILES string of the molecule is Cc1cc(NC(=O)C(C)N2CCC(C(=O)N3CCCCCC3)CC2)on1. The second-order valence-corrected chi connectivity index (χ2v) is 7.55. The quantitative estimate of drug-likeness (QED) is 0.890. The van der Waals surface area contributed by atoms with Crippen LogP contribution in [-0.2, 0) is 9.59 Å². The molecule has 3 heterocycles. The van der Waals surface area contributed by atoms with E-state index in [0.717, 1.165) is 57.6 Å². The Labute approximate surface area is 155 Å². The van der Waals surface area contributed by atoms with Crippen molar-refractivity contribution in [2.24, 2.45) is 5.92 Å². The molecule has 2 saturated heterocycles. The van der Waals surface area contributed by atoms with Crippen molar-refractivity contribution in [2.45, 2.75) is 58.4 Å². The Morgan fingerprint density at radius 2 is 1.81 bits per heavy atom. The lowest BCUT2D eigenvalue weighted by molar-refractivity contribution is -0.137. The minimum absolute atomic E-state index is 0.0987. The predicted octanol–water partition coefficient (Wildman–Crippen LogP) is 2.42. The second-order valence-electron chi connectivity index (χ2n) is 7.55. The van der Waals surface area contributed by atoms with Gasteiger partial charge in [-0.25, -0.2) is 0 Å². The molecule has 7 heteroatoms. The summed E-state index contributed by atoms with van der Waals surface area (Å²) in [6, 6.07) is 1.45. The van der Waals surface area contributed by atoms with E-state index in [1.54, 1.807) is 6.07 Å². The molecule has 2 fully saturated rings. The molecule has 3 rings (SSSR count). The third-order valence-corrected chi connectivity index (χ3v) is 5.60. The first-order valence-corrected chi connectivity index (χ1v) is 9.81. The van der Waals surface area contributed by atoms with Crippen molar-refractivity contribution in [1.29, 1.82) is 0 Å². The van der Waals surface area contributed by atoms with Gasteiger partial charge in [-0.1, -0.05) is 18.0 Å². The predicted molar refractivity (Wildman–Crippen MR) is 98.7 cm³/mol. The summed E-state index contributed by atoms with van der Waals surface area (Å²) in [4.78, 5) is 29.4. The largest absolute Gasteiger partial charge is 0.342 e. The van der Waals surface area contributed by atoms with Crippen LogP contribution in [-0.4, -0.2) is 59.0 Å². The Balaban J connectivity index is 1.47. The first-order valence-electron chi connectivity index (χ1n) is 9.81. The van der Waals surface area contributed by atoms with E-state index in [1.807, 2.05) is 13.8 Å². The molecule has 1 aromatic rings. The summed E-state index contributed by atoms with van der Waals surface area (Å²) in [6.07, 6.45) is 6.38. The van der Waals surface area contributed by atoms with E-state index in [0.29, 0.717) is 11.8 Å². The van der Waals surface area contributed by atoms with Gasteiger partial charge < -0.3 is 9.42 Å². The lowest BCUT2D eigenvalue weighted by Crippen LogP contribution is -2.48. The standard InChI is InChI=1S/C19H30N4O3/c1-14-13-17(26-21-14)20-18(24)15(2)22-11-7-16(8-12-22)19(25)23-9-5-3-4-6-10-23/h13,15-16H,3-12H2,1-2H3,(H,20,24). The number of hydrogen-bond donors (Lipinski definition) is 1. The second kappa shape index (κ2) is 8.66. The summed E-state index contributed by atoms with van der Waals surface area (Å²) in [5.74, 6) is 0.710. The molecule has 1 unspecified atom stereocenters. The van der Waals surface area contributed by atoms with Gasteiger partial charge in [0.1, 0.15) is 0 Å². The molecule has 0 aliphatic carbocycles. The Kier molecular flexibility index (Phi) is 6.29. The number of likely N-dealkylation sites (tertiary alicyclic amines) is 2. The van der Waals surface area contributed by atoms with Crippen LogP contribution in [0.5, 0.6) is 0 Å². The number of carbonyl (C=O) groups is 2. The van der Waals surface area contributed by atoms with Gasteiger partial charge in [-0.2, -0.15) is 0 Å². The van der Waals surface area contributed by atoms with Crippen LogP contribution in [0.2, 0.25) is 0 Å². The third-order valence-electron chi connectivity index (χ3n) is 5.60. The maximum atomic E-state index is 12.8. The smallest absolute Gasteiger partial charge is 0.243 e. The van der Waals surface area contributed by atoms with Crippen LogP contribution >= 0.6 is 0 Å². The van der Waals surface area contributed by atoms with Gasteiger partial charge in [0.2, 0.25) is 17.7 Å². The number of piperidine rings is 1. The van der Waals surface area contributed by atoms with Crippen molar-refractivity contribution in [3.05, 3.63) is 11.8 Å². The molecule has 0 saturated carbocycles. The van der Waals surface area contributed by atoms with Crippen LogP contribution in [0.15, 0.2) is 10.6 Å². The average Bonchev–Trinajstić information content (AvgIpc) is 2.89. The van der Waals surface area contributed by atoms with Crippen molar-refractivity contribution >= 4 is 17.7 Å². The number of hydrogen-bond acceptors (Lipinski definition) is 5. The zero-order valence-electron chi connectivity index (χ0n) is 15.9. The van der Waals surface area contributed by atoms with Gasteiger partial charge in [-0.05, 0) is 52.6 Å². The van der Waals surface area contributed by atoms with Gasteiger partial charge >= 0.3 is 0 Å². The van der Waals surface area contributed by atoms with E-state index in [4.69, 9.17) is 4.52 Å². The van der Waals surface area contributed by atoms with Gasteiger partial charge in [0.05, 0.1) is 11.7 Å². The van der Waals surface area contributed by atoms with Crippen LogP contribution in [0.1, 0.15) is 51.1 Å². The molecule has 0 spiro atoms. The first-order chi connectivity index (χ1) is 12.5. The van der Waals surface area contributed by atoms with Crippen LogP contribution < -0.4 is 5.32 Å². The summed E-state index contributed by atoms with van der Waals surface area (Å²) in [5, 5.41) is 6.54. The molecule has 1 aromatic heterocycles. The van der Waals surface area contributed by atoms with Gasteiger partial charge in [-0.15, -0.1) is 0 Å². The molecule has 2 amide bonds. The number of rotatable bonds is 4. The number of aromatic nitrogens is 1. The number of aryl methyl sites for hydroxylation is 1. The Morgan fingerprint density at radius 1 is 1.15 bits per heavy atom. The van der Waals surface area contributed by atoms with Gasteiger partial charge in [0.15, 0.2) is 0 Å². The molecule has 2 aliphatic heterocycles. The van der Waals surface area contributed by atoms with E-state index >= 15 is 0 Å². The minimum Gasteiger partial charge on any atom is -0.342 e. The number of anilines is 1. The molecule has 0 aromatic carbocycles. The van der Waals surface area contributed by atoms with Gasteiger partial charge in [0, 0.05) is 25.1 Å². The zero-order valence-corrected chi connectivity index (χ0v) is 15.9. The maximum Gasteiger partial charge on any atom is 0.243 e. The molecule has 144 valence electrons. The van der Waals surface area contributed by atoms with Crippen molar-refractivity contribution in [2.75, 3.05) is 31.5 Å². The summed E-state index contributed by atoms with van der Waals surface area (Å²) in [6.45, 7) is 7.08. The number of amides is 2. The third kappa shape index (κ3) is 4.63. The fourth-order valence-corrected chi connectivity index (χ4v) is 3.90. The van der Waals surface area contributed by atoms with E-state index in [1.165, 1.54) is 12.8 Å². The lowest BCUT2D eigenvalue weighted by atomic mass is 9.94. The van der Waals surface area contributed by atoms with Crippen LogP contribution in [0, 0.1) is 12.8 Å². The number of nitrogens with zero attached hydrogens (tertiary/aromatic N) is 3. The van der Waals surface area contributed by atoms with Crippen molar-refractivity contribution < 1.29 is 14.1 Å². The summed E-state index contributed by atoms with van der Waals surface area (Å²) in [5.41, 5.74) is 0.737. The van der Waals surface area contributed by atoms with E-state index in [9.17, 15) is 9.59 Å². The first kappa shape index (κ1) is 18.9. The summed E-state index contributed by atoms with van der Waals surface area (Å²) in [7, 11) is 0. The van der Waals surface area contributed by atoms with E-state index in [-0.39, 0.29) is 17.9 Å². The molecule has 0 radical (unpaired) electrons. The summed E-state index contributed by atoms with van der Waals surface area (Å²) < 4.78 is 5.05. The highest BCUT2D eigenvalue weighted by molar-refractivity contribution is 5.93. The van der Waals surface area contributed by atoms with E-state index < -0.39 is 0 Å². The monoisotopic (exact) mass is 362 g/mol. The topological polar surface area (TPSA) is 78.7 Å². The van der Waals surface area contributed by atoms with Crippen LogP contribution in [0.25, 0.3) is 0 Å². The Hall–Kier alpha value is -1.89. The highest BCUT2D eigenvalue weighted by Gasteiger charge is 2.32. The normalized spacial score (nSPS) is 21.2. The van der Waals surface area contributed by atoms with Crippen molar-refractivity contribution in [3.63, 3.8) is 0 Å². The fraction of sp³-hybridized carbons (Fsp3) is 0.737. The van der Waals surface area contributed by atoms with Crippen molar-refractivity contribution in [3.8, 4) is 0 Å².